The molecule has 1 aliphatic carbocycles. The van der Waals surface area contributed by atoms with Crippen LogP contribution in [0.4, 0.5) is 0 Å². The highest BCUT2D eigenvalue weighted by atomic mass is 16.4. The lowest BCUT2D eigenvalue weighted by Gasteiger charge is -2.21. The lowest BCUT2D eigenvalue weighted by Crippen LogP contribution is -2.27. The molecule has 94 valence electrons. The fraction of sp³-hybridized carbons (Fsp3) is 0.786. The summed E-state index contributed by atoms with van der Waals surface area (Å²) in [5, 5.41) is 3.56. The number of piperidine rings is 1. The Morgan fingerprint density at radius 1 is 1.12 bits per heavy atom. The van der Waals surface area contributed by atoms with Gasteiger partial charge in [0.2, 0.25) is 0 Å². The molecular weight excluding hydrogens is 212 g/mol. The smallest absolute Gasteiger partial charge is 0.197 e. The molecule has 1 unspecified atom stereocenters. The molecular formula is C14H22N2O. The van der Waals surface area contributed by atoms with Crippen LogP contribution in [0.1, 0.15) is 74.3 Å². The van der Waals surface area contributed by atoms with Crippen molar-refractivity contribution >= 4 is 0 Å². The maximum Gasteiger partial charge on any atom is 0.197 e. The van der Waals surface area contributed by atoms with Crippen molar-refractivity contribution in [1.82, 2.24) is 10.3 Å². The van der Waals surface area contributed by atoms with Gasteiger partial charge < -0.3 is 9.73 Å². The SMILES string of the molecule is Cc1oc(C2CCCC2)nc1C1CCCCN1. The molecule has 3 rings (SSSR count). The van der Waals surface area contributed by atoms with Gasteiger partial charge in [-0.25, -0.2) is 4.98 Å². The Balaban J connectivity index is 1.79. The van der Waals surface area contributed by atoms with Gasteiger partial charge in [0.15, 0.2) is 5.89 Å². The fourth-order valence-corrected chi connectivity index (χ4v) is 3.19. The maximum absolute atomic E-state index is 5.90. The molecule has 0 radical (unpaired) electrons. The minimum Gasteiger partial charge on any atom is -0.445 e. The first-order chi connectivity index (χ1) is 8.34. The Kier molecular flexibility index (Phi) is 3.19. The van der Waals surface area contributed by atoms with Gasteiger partial charge in [0, 0.05) is 5.92 Å². The second kappa shape index (κ2) is 4.81. The molecule has 0 amide bonds. The van der Waals surface area contributed by atoms with Gasteiger partial charge >= 0.3 is 0 Å². The minimum absolute atomic E-state index is 0.433. The van der Waals surface area contributed by atoms with Crippen molar-refractivity contribution in [3.05, 3.63) is 17.3 Å². The van der Waals surface area contributed by atoms with Crippen LogP contribution in [0.3, 0.4) is 0 Å². The van der Waals surface area contributed by atoms with Crippen LogP contribution in [-0.2, 0) is 0 Å². The first-order valence-corrected chi connectivity index (χ1v) is 7.05. The lowest BCUT2D eigenvalue weighted by atomic mass is 10.0. The van der Waals surface area contributed by atoms with Crippen LogP contribution in [-0.4, -0.2) is 11.5 Å². The summed E-state index contributed by atoms with van der Waals surface area (Å²) in [6.45, 7) is 3.19. The van der Waals surface area contributed by atoms with Crippen molar-refractivity contribution < 1.29 is 4.42 Å². The topological polar surface area (TPSA) is 38.1 Å². The molecule has 1 aromatic rings. The van der Waals surface area contributed by atoms with E-state index in [1.54, 1.807) is 0 Å². The van der Waals surface area contributed by atoms with Gasteiger partial charge in [-0.2, -0.15) is 0 Å². The van der Waals surface area contributed by atoms with Crippen molar-refractivity contribution in [2.45, 2.75) is 63.8 Å². The quantitative estimate of drug-likeness (QED) is 0.851. The van der Waals surface area contributed by atoms with E-state index < -0.39 is 0 Å². The van der Waals surface area contributed by atoms with Gasteiger partial charge in [-0.3, -0.25) is 0 Å². The van der Waals surface area contributed by atoms with E-state index >= 15 is 0 Å². The second-order valence-electron chi connectivity index (χ2n) is 5.48. The molecule has 1 N–H and O–H groups in total. The van der Waals surface area contributed by atoms with Crippen LogP contribution < -0.4 is 5.32 Å². The predicted molar refractivity (Wildman–Crippen MR) is 67.0 cm³/mol. The van der Waals surface area contributed by atoms with Crippen LogP contribution in [0.25, 0.3) is 0 Å². The Labute approximate surface area is 103 Å². The van der Waals surface area contributed by atoms with E-state index in [0.29, 0.717) is 12.0 Å². The van der Waals surface area contributed by atoms with Crippen LogP contribution in [0.2, 0.25) is 0 Å². The molecule has 1 atom stereocenters. The van der Waals surface area contributed by atoms with Crippen molar-refractivity contribution in [3.8, 4) is 0 Å². The molecule has 2 heterocycles. The predicted octanol–water partition coefficient (Wildman–Crippen LogP) is 3.46. The van der Waals surface area contributed by atoms with Gasteiger partial charge in [0.25, 0.3) is 0 Å². The van der Waals surface area contributed by atoms with Crippen molar-refractivity contribution in [3.63, 3.8) is 0 Å². The summed E-state index contributed by atoms with van der Waals surface area (Å²) in [6, 6.07) is 0.433. The summed E-state index contributed by atoms with van der Waals surface area (Å²) < 4.78 is 5.90. The monoisotopic (exact) mass is 234 g/mol. The largest absolute Gasteiger partial charge is 0.445 e. The van der Waals surface area contributed by atoms with Crippen molar-refractivity contribution in [2.75, 3.05) is 6.54 Å². The third-order valence-electron chi connectivity index (χ3n) is 4.19. The van der Waals surface area contributed by atoms with Gasteiger partial charge in [-0.05, 0) is 39.2 Å². The normalized spacial score (nSPS) is 26.5. The number of oxazole rings is 1. The van der Waals surface area contributed by atoms with Gasteiger partial charge in [-0.1, -0.05) is 19.3 Å². The van der Waals surface area contributed by atoms with Crippen molar-refractivity contribution in [2.24, 2.45) is 0 Å². The number of rotatable bonds is 2. The fourth-order valence-electron chi connectivity index (χ4n) is 3.19. The number of aromatic nitrogens is 1. The average molecular weight is 234 g/mol. The lowest BCUT2D eigenvalue weighted by molar-refractivity contribution is 0.399. The Morgan fingerprint density at radius 3 is 2.59 bits per heavy atom. The van der Waals surface area contributed by atoms with E-state index in [0.717, 1.165) is 18.2 Å². The number of nitrogens with one attached hydrogen (secondary N) is 1. The van der Waals surface area contributed by atoms with E-state index in [1.807, 2.05) is 0 Å². The number of nitrogens with zero attached hydrogens (tertiary/aromatic N) is 1. The van der Waals surface area contributed by atoms with E-state index in [-0.39, 0.29) is 0 Å². The van der Waals surface area contributed by atoms with Gasteiger partial charge in [-0.15, -0.1) is 0 Å². The molecule has 17 heavy (non-hydrogen) atoms. The molecule has 3 nitrogen and oxygen atoms in total. The average Bonchev–Trinajstić information content (AvgIpc) is 2.99. The van der Waals surface area contributed by atoms with E-state index in [4.69, 9.17) is 9.40 Å². The minimum atomic E-state index is 0.433. The van der Waals surface area contributed by atoms with Crippen LogP contribution in [0.15, 0.2) is 4.42 Å². The molecule has 0 bridgehead atoms. The highest BCUT2D eigenvalue weighted by Gasteiger charge is 2.26. The summed E-state index contributed by atoms with van der Waals surface area (Å²) in [7, 11) is 0. The molecule has 1 saturated carbocycles. The highest BCUT2D eigenvalue weighted by Crippen LogP contribution is 2.36. The zero-order valence-electron chi connectivity index (χ0n) is 10.7. The number of aryl methyl sites for hydroxylation is 1. The van der Waals surface area contributed by atoms with Crippen molar-refractivity contribution in [1.29, 1.82) is 0 Å². The molecule has 1 saturated heterocycles. The summed E-state index contributed by atoms with van der Waals surface area (Å²) in [6.07, 6.45) is 9.00. The van der Waals surface area contributed by atoms with Crippen LogP contribution >= 0.6 is 0 Å². The molecule has 1 aliphatic heterocycles. The zero-order valence-corrected chi connectivity index (χ0v) is 10.7. The van der Waals surface area contributed by atoms with E-state index in [1.165, 1.54) is 50.6 Å². The first-order valence-electron chi connectivity index (χ1n) is 7.05. The van der Waals surface area contributed by atoms with Crippen LogP contribution in [0, 0.1) is 6.92 Å². The Bertz CT molecular complexity index is 374. The summed E-state index contributed by atoms with van der Waals surface area (Å²) in [4.78, 5) is 4.79. The molecule has 2 fully saturated rings. The molecule has 3 heteroatoms. The zero-order chi connectivity index (χ0) is 11.7. The third-order valence-corrected chi connectivity index (χ3v) is 4.19. The number of hydrogen-bond acceptors (Lipinski definition) is 3. The summed E-state index contributed by atoms with van der Waals surface area (Å²) in [5.41, 5.74) is 1.17. The first kappa shape index (κ1) is 11.3. The van der Waals surface area contributed by atoms with Gasteiger partial charge in [0.1, 0.15) is 5.76 Å². The second-order valence-corrected chi connectivity index (χ2v) is 5.48. The Morgan fingerprint density at radius 2 is 1.88 bits per heavy atom. The molecule has 1 aromatic heterocycles. The summed E-state index contributed by atoms with van der Waals surface area (Å²) >= 11 is 0. The highest BCUT2D eigenvalue weighted by molar-refractivity contribution is 5.15. The molecule has 2 aliphatic rings. The molecule has 0 aromatic carbocycles. The summed E-state index contributed by atoms with van der Waals surface area (Å²) in [5.74, 6) is 2.62. The van der Waals surface area contributed by atoms with E-state index in [2.05, 4.69) is 12.2 Å². The van der Waals surface area contributed by atoms with Gasteiger partial charge in [0.05, 0.1) is 11.7 Å². The van der Waals surface area contributed by atoms with Crippen LogP contribution in [0.5, 0.6) is 0 Å². The standard InChI is InChI=1S/C14H22N2O/c1-10-13(12-8-4-5-9-15-12)16-14(17-10)11-6-2-3-7-11/h11-12,15H,2-9H2,1H3. The van der Waals surface area contributed by atoms with E-state index in [9.17, 15) is 0 Å². The Hall–Kier alpha value is -0.830. The maximum atomic E-state index is 5.90. The molecule has 0 spiro atoms. The third kappa shape index (κ3) is 2.25. The number of hydrogen-bond donors (Lipinski definition) is 1.